The van der Waals surface area contributed by atoms with Crippen molar-refractivity contribution in [1.82, 2.24) is 0 Å². The van der Waals surface area contributed by atoms with Gasteiger partial charge in [0.2, 0.25) is 0 Å². The van der Waals surface area contributed by atoms with Crippen molar-refractivity contribution in [2.24, 2.45) is 0 Å². The van der Waals surface area contributed by atoms with Crippen LogP contribution >= 0.6 is 0 Å². The van der Waals surface area contributed by atoms with Gasteiger partial charge in [-0.2, -0.15) is 0 Å². The number of hydrogen-bond donors (Lipinski definition) is 1. The van der Waals surface area contributed by atoms with Gasteiger partial charge in [0, 0.05) is 6.42 Å². The van der Waals surface area contributed by atoms with E-state index in [1.165, 1.54) is 0 Å². The molecule has 0 amide bonds. The Balaban J connectivity index is 2.78. The molecule has 0 aromatic heterocycles. The molecular formula is C11H15O2. The SMILES string of the molecule is [CH2]C(O)Cc1ccccc1OCC. The van der Waals surface area contributed by atoms with E-state index in [2.05, 4.69) is 6.92 Å². The summed E-state index contributed by atoms with van der Waals surface area (Å²) in [6, 6.07) is 7.70. The van der Waals surface area contributed by atoms with Gasteiger partial charge in [0.15, 0.2) is 0 Å². The van der Waals surface area contributed by atoms with Gasteiger partial charge in [-0.1, -0.05) is 18.2 Å². The third-order valence-corrected chi connectivity index (χ3v) is 1.73. The largest absolute Gasteiger partial charge is 0.494 e. The highest BCUT2D eigenvalue weighted by atomic mass is 16.5. The molecule has 0 saturated heterocycles. The van der Waals surface area contributed by atoms with Crippen LogP contribution in [-0.4, -0.2) is 17.8 Å². The lowest BCUT2D eigenvalue weighted by atomic mass is 10.1. The molecule has 0 fully saturated rings. The number of ether oxygens (including phenoxy) is 1. The highest BCUT2D eigenvalue weighted by Gasteiger charge is 2.04. The van der Waals surface area contributed by atoms with E-state index in [-0.39, 0.29) is 0 Å². The van der Waals surface area contributed by atoms with E-state index >= 15 is 0 Å². The molecule has 1 aromatic rings. The quantitative estimate of drug-likeness (QED) is 0.764. The van der Waals surface area contributed by atoms with Crippen LogP contribution in [0.15, 0.2) is 24.3 Å². The molecule has 0 aliphatic rings. The van der Waals surface area contributed by atoms with E-state index < -0.39 is 6.10 Å². The Hall–Kier alpha value is -1.02. The zero-order valence-corrected chi connectivity index (χ0v) is 7.86. The van der Waals surface area contributed by atoms with Gasteiger partial charge >= 0.3 is 0 Å². The number of aliphatic hydroxyl groups is 1. The molecular weight excluding hydrogens is 164 g/mol. The smallest absolute Gasteiger partial charge is 0.122 e. The molecule has 1 rings (SSSR count). The fourth-order valence-electron chi connectivity index (χ4n) is 1.22. The average molecular weight is 179 g/mol. The highest BCUT2D eigenvalue weighted by molar-refractivity contribution is 5.33. The van der Waals surface area contributed by atoms with Crippen LogP contribution in [-0.2, 0) is 6.42 Å². The summed E-state index contributed by atoms with van der Waals surface area (Å²) in [7, 11) is 0. The second-order valence-corrected chi connectivity index (χ2v) is 2.90. The van der Waals surface area contributed by atoms with E-state index in [1.54, 1.807) is 0 Å². The maximum Gasteiger partial charge on any atom is 0.122 e. The Bertz CT molecular complexity index is 256. The predicted molar refractivity (Wildman–Crippen MR) is 52.7 cm³/mol. The fourth-order valence-corrected chi connectivity index (χ4v) is 1.22. The number of para-hydroxylation sites is 1. The maximum atomic E-state index is 9.13. The summed E-state index contributed by atoms with van der Waals surface area (Å²) in [5.74, 6) is 0.840. The van der Waals surface area contributed by atoms with Crippen LogP contribution < -0.4 is 4.74 Å². The van der Waals surface area contributed by atoms with Gasteiger partial charge in [0.05, 0.1) is 12.7 Å². The standard InChI is InChI=1S/C11H15O2/c1-3-13-11-7-5-4-6-10(11)8-9(2)12/h4-7,9,12H,2-3,8H2,1H3. The molecule has 0 aliphatic carbocycles. The van der Waals surface area contributed by atoms with E-state index in [9.17, 15) is 0 Å². The molecule has 0 heterocycles. The second-order valence-electron chi connectivity index (χ2n) is 2.90. The Morgan fingerprint density at radius 3 is 2.77 bits per heavy atom. The Morgan fingerprint density at radius 2 is 2.15 bits per heavy atom. The summed E-state index contributed by atoms with van der Waals surface area (Å²) in [4.78, 5) is 0. The van der Waals surface area contributed by atoms with E-state index in [1.807, 2.05) is 31.2 Å². The Morgan fingerprint density at radius 1 is 1.46 bits per heavy atom. The summed E-state index contributed by atoms with van der Waals surface area (Å²) in [5.41, 5.74) is 1.01. The monoisotopic (exact) mass is 179 g/mol. The van der Waals surface area contributed by atoms with E-state index in [0.717, 1.165) is 11.3 Å². The average Bonchev–Trinajstić information content (AvgIpc) is 2.08. The van der Waals surface area contributed by atoms with Crippen molar-refractivity contribution in [3.05, 3.63) is 36.8 Å². The molecule has 1 N–H and O–H groups in total. The van der Waals surface area contributed by atoms with Crippen molar-refractivity contribution < 1.29 is 9.84 Å². The molecule has 13 heavy (non-hydrogen) atoms. The number of hydrogen-bond acceptors (Lipinski definition) is 2. The summed E-state index contributed by atoms with van der Waals surface area (Å²) >= 11 is 0. The van der Waals surface area contributed by atoms with Gasteiger partial charge in [0.1, 0.15) is 5.75 Å². The van der Waals surface area contributed by atoms with Gasteiger partial charge < -0.3 is 9.84 Å². The van der Waals surface area contributed by atoms with Crippen LogP contribution in [0.2, 0.25) is 0 Å². The Kier molecular flexibility index (Phi) is 3.77. The first-order valence-corrected chi connectivity index (χ1v) is 4.46. The van der Waals surface area contributed by atoms with E-state index in [4.69, 9.17) is 9.84 Å². The third kappa shape index (κ3) is 3.07. The van der Waals surface area contributed by atoms with Gasteiger partial charge in [-0.3, -0.25) is 0 Å². The lowest BCUT2D eigenvalue weighted by molar-refractivity contribution is 0.219. The fraction of sp³-hybridized carbons (Fsp3) is 0.364. The zero-order valence-electron chi connectivity index (χ0n) is 7.86. The molecule has 2 nitrogen and oxygen atoms in total. The molecule has 0 saturated carbocycles. The third-order valence-electron chi connectivity index (χ3n) is 1.73. The lowest BCUT2D eigenvalue weighted by Gasteiger charge is -2.10. The summed E-state index contributed by atoms with van der Waals surface area (Å²) < 4.78 is 5.40. The van der Waals surface area contributed by atoms with Crippen LogP contribution in [0.3, 0.4) is 0 Å². The van der Waals surface area contributed by atoms with Crippen molar-refractivity contribution in [3.63, 3.8) is 0 Å². The first-order chi connectivity index (χ1) is 6.24. The number of rotatable bonds is 4. The van der Waals surface area contributed by atoms with Crippen molar-refractivity contribution in [2.45, 2.75) is 19.4 Å². The molecule has 0 spiro atoms. The molecule has 0 bridgehead atoms. The zero-order chi connectivity index (χ0) is 9.68. The molecule has 1 atom stereocenters. The van der Waals surface area contributed by atoms with E-state index in [0.29, 0.717) is 13.0 Å². The number of benzene rings is 1. The van der Waals surface area contributed by atoms with Crippen LogP contribution in [0.5, 0.6) is 5.75 Å². The van der Waals surface area contributed by atoms with Gasteiger partial charge in [-0.05, 0) is 25.5 Å². The van der Waals surface area contributed by atoms with Crippen molar-refractivity contribution >= 4 is 0 Å². The van der Waals surface area contributed by atoms with Crippen LogP contribution in [0, 0.1) is 6.92 Å². The minimum absolute atomic E-state index is 0.538. The molecule has 0 aliphatic heterocycles. The highest BCUT2D eigenvalue weighted by Crippen LogP contribution is 2.19. The molecule has 1 radical (unpaired) electrons. The Labute approximate surface area is 79.2 Å². The molecule has 2 heteroatoms. The predicted octanol–water partition coefficient (Wildman–Crippen LogP) is 1.82. The maximum absolute atomic E-state index is 9.13. The van der Waals surface area contributed by atoms with Crippen LogP contribution in [0.4, 0.5) is 0 Å². The minimum atomic E-state index is -0.568. The lowest BCUT2D eigenvalue weighted by Crippen LogP contribution is -2.06. The van der Waals surface area contributed by atoms with Gasteiger partial charge in [-0.15, -0.1) is 0 Å². The minimum Gasteiger partial charge on any atom is -0.494 e. The second kappa shape index (κ2) is 4.87. The van der Waals surface area contributed by atoms with Gasteiger partial charge in [-0.25, -0.2) is 0 Å². The van der Waals surface area contributed by atoms with Crippen molar-refractivity contribution in [1.29, 1.82) is 0 Å². The first-order valence-electron chi connectivity index (χ1n) is 4.46. The van der Waals surface area contributed by atoms with Crippen molar-refractivity contribution in [2.75, 3.05) is 6.61 Å². The summed E-state index contributed by atoms with van der Waals surface area (Å²) in [6.45, 7) is 6.12. The van der Waals surface area contributed by atoms with Gasteiger partial charge in [0.25, 0.3) is 0 Å². The topological polar surface area (TPSA) is 29.5 Å². The van der Waals surface area contributed by atoms with Crippen LogP contribution in [0.1, 0.15) is 12.5 Å². The van der Waals surface area contributed by atoms with Crippen LogP contribution in [0.25, 0.3) is 0 Å². The molecule has 1 aromatic carbocycles. The first kappa shape index (κ1) is 10.1. The molecule has 71 valence electrons. The molecule has 1 unspecified atom stereocenters. The van der Waals surface area contributed by atoms with Crippen molar-refractivity contribution in [3.8, 4) is 5.75 Å². The normalized spacial score (nSPS) is 12.5. The number of aliphatic hydroxyl groups excluding tert-OH is 1. The summed E-state index contributed by atoms with van der Waals surface area (Å²) in [6.07, 6.45) is -0.0301. The summed E-state index contributed by atoms with van der Waals surface area (Å²) in [5, 5.41) is 9.13.